The highest BCUT2D eigenvalue weighted by molar-refractivity contribution is 6.35. The van der Waals surface area contributed by atoms with Crippen molar-refractivity contribution >= 4 is 52.4 Å². The van der Waals surface area contributed by atoms with Crippen LogP contribution in [0.3, 0.4) is 0 Å². The Morgan fingerprint density at radius 1 is 1.11 bits per heavy atom. The number of rotatable bonds is 6. The van der Waals surface area contributed by atoms with Gasteiger partial charge in [0.1, 0.15) is 23.2 Å². The van der Waals surface area contributed by atoms with E-state index in [0.29, 0.717) is 22.2 Å². The lowest BCUT2D eigenvalue weighted by atomic mass is 9.70. The average Bonchev–Trinajstić information content (AvgIpc) is 3.10. The van der Waals surface area contributed by atoms with Crippen LogP contribution in [0.15, 0.2) is 24.3 Å². The van der Waals surface area contributed by atoms with Gasteiger partial charge in [0.05, 0.1) is 15.7 Å². The zero-order chi connectivity index (χ0) is 25.7. The molecule has 2 aliphatic rings. The van der Waals surface area contributed by atoms with Crippen molar-refractivity contribution in [2.24, 2.45) is 16.7 Å². The van der Waals surface area contributed by atoms with Crippen LogP contribution >= 0.6 is 34.8 Å². The molecule has 0 radical (unpaired) electrons. The van der Waals surface area contributed by atoms with Crippen molar-refractivity contribution in [3.63, 3.8) is 0 Å². The number of ether oxygens (including phenoxy) is 2. The minimum absolute atomic E-state index is 0.0373. The zero-order valence-electron chi connectivity index (χ0n) is 20.0. The topological polar surface area (TPSA) is 84.9 Å². The number of hydrogen-bond donors (Lipinski definition) is 2. The second-order valence-corrected chi connectivity index (χ2v) is 11.4. The number of hydrogen-bond acceptors (Lipinski definition) is 6. The molecule has 3 atom stereocenters. The van der Waals surface area contributed by atoms with Crippen LogP contribution in [0.1, 0.15) is 62.9 Å². The normalized spacial score (nSPS) is 24.3. The number of fused-ring (bicyclic) bond motifs is 2. The predicted molar refractivity (Wildman–Crippen MR) is 137 cm³/mol. The summed E-state index contributed by atoms with van der Waals surface area (Å²) in [7, 11) is 0. The summed E-state index contributed by atoms with van der Waals surface area (Å²) in [5.74, 6) is -0.731. The molecule has 2 fully saturated rings. The van der Waals surface area contributed by atoms with E-state index in [0.717, 1.165) is 19.3 Å². The van der Waals surface area contributed by atoms with Gasteiger partial charge in [-0.15, -0.1) is 0 Å². The Kier molecular flexibility index (Phi) is 6.95. The van der Waals surface area contributed by atoms with E-state index < -0.39 is 11.9 Å². The molecule has 2 aliphatic carbocycles. The molecule has 0 heterocycles. The van der Waals surface area contributed by atoms with Crippen molar-refractivity contribution in [2.45, 2.75) is 59.6 Å². The van der Waals surface area contributed by atoms with Crippen LogP contribution in [0, 0.1) is 16.7 Å². The molecular weight excluding hydrogens is 513 g/mol. The summed E-state index contributed by atoms with van der Waals surface area (Å²) in [6.45, 7) is 8.05. The van der Waals surface area contributed by atoms with Gasteiger partial charge in [-0.2, -0.15) is 0 Å². The third kappa shape index (κ3) is 4.68. The molecule has 3 unspecified atom stereocenters. The van der Waals surface area contributed by atoms with E-state index in [9.17, 15) is 14.7 Å². The van der Waals surface area contributed by atoms with Gasteiger partial charge in [0.15, 0.2) is 0 Å². The third-order valence-electron chi connectivity index (χ3n) is 8.08. The van der Waals surface area contributed by atoms with Crippen LogP contribution in [0.5, 0.6) is 11.5 Å². The molecule has 2 aromatic carbocycles. The van der Waals surface area contributed by atoms with E-state index in [1.807, 2.05) is 0 Å². The quantitative estimate of drug-likeness (QED) is 0.296. The lowest BCUT2D eigenvalue weighted by Gasteiger charge is -2.38. The summed E-state index contributed by atoms with van der Waals surface area (Å²) in [5.41, 5.74) is 0.886. The summed E-state index contributed by atoms with van der Waals surface area (Å²) in [6.07, 6.45) is 2.73. The fraction of sp³-hybridized carbons (Fsp3) is 0.462. The molecule has 2 bridgehead atoms. The maximum absolute atomic E-state index is 13.2. The van der Waals surface area contributed by atoms with Crippen LogP contribution in [0.2, 0.25) is 15.1 Å². The second kappa shape index (κ2) is 9.38. The Bertz CT molecular complexity index is 1200. The van der Waals surface area contributed by atoms with E-state index in [1.165, 1.54) is 25.1 Å². The van der Waals surface area contributed by atoms with E-state index in [1.54, 1.807) is 6.07 Å². The number of phenolic OH excluding ortho intramolecular Hbond substituents is 1. The number of esters is 2. The Morgan fingerprint density at radius 2 is 1.83 bits per heavy atom. The highest BCUT2D eigenvalue weighted by Gasteiger charge is 2.63. The molecule has 0 amide bonds. The van der Waals surface area contributed by atoms with Crippen LogP contribution in [0.25, 0.3) is 0 Å². The highest BCUT2D eigenvalue weighted by Crippen LogP contribution is 2.66. The Hall–Kier alpha value is -2.15. The van der Waals surface area contributed by atoms with Crippen molar-refractivity contribution in [1.82, 2.24) is 0 Å². The van der Waals surface area contributed by atoms with Crippen LogP contribution in [-0.2, 0) is 16.1 Å². The van der Waals surface area contributed by atoms with Gasteiger partial charge in [-0.3, -0.25) is 4.79 Å². The van der Waals surface area contributed by atoms with E-state index in [2.05, 4.69) is 26.1 Å². The third-order valence-corrected chi connectivity index (χ3v) is 8.90. The Morgan fingerprint density at radius 3 is 2.43 bits per heavy atom. The van der Waals surface area contributed by atoms with Gasteiger partial charge < -0.3 is 19.9 Å². The number of benzene rings is 2. The highest BCUT2D eigenvalue weighted by atomic mass is 35.5. The first-order valence-corrected chi connectivity index (χ1v) is 12.6. The smallest absolute Gasteiger partial charge is 0.342 e. The average molecular weight is 541 g/mol. The van der Waals surface area contributed by atoms with Crippen molar-refractivity contribution in [2.75, 3.05) is 5.32 Å². The molecule has 6 nitrogen and oxygen atoms in total. The minimum Gasteiger partial charge on any atom is -0.506 e. The Labute approximate surface area is 219 Å². The summed E-state index contributed by atoms with van der Waals surface area (Å²) in [4.78, 5) is 25.0. The van der Waals surface area contributed by atoms with Gasteiger partial charge in [-0.1, -0.05) is 55.6 Å². The molecule has 2 aromatic rings. The Balaban J connectivity index is 1.58. The van der Waals surface area contributed by atoms with Gasteiger partial charge in [0, 0.05) is 35.5 Å². The van der Waals surface area contributed by atoms with E-state index in [-0.39, 0.29) is 50.6 Å². The fourth-order valence-corrected chi connectivity index (χ4v) is 6.30. The van der Waals surface area contributed by atoms with Crippen molar-refractivity contribution in [3.8, 4) is 11.5 Å². The van der Waals surface area contributed by atoms with Gasteiger partial charge in [0.2, 0.25) is 0 Å². The monoisotopic (exact) mass is 539 g/mol. The van der Waals surface area contributed by atoms with E-state index in [4.69, 9.17) is 44.3 Å². The number of carbonyl (C=O) groups is 2. The van der Waals surface area contributed by atoms with Crippen LogP contribution < -0.4 is 10.1 Å². The molecule has 0 aromatic heterocycles. The first-order chi connectivity index (χ1) is 16.3. The van der Waals surface area contributed by atoms with Crippen LogP contribution in [-0.4, -0.2) is 23.1 Å². The summed E-state index contributed by atoms with van der Waals surface area (Å²) >= 11 is 18.5. The molecule has 35 heavy (non-hydrogen) atoms. The molecule has 0 saturated heterocycles. The molecule has 9 heteroatoms. The number of phenols is 1. The number of halogens is 3. The largest absolute Gasteiger partial charge is 0.506 e. The maximum Gasteiger partial charge on any atom is 0.342 e. The van der Waals surface area contributed by atoms with Crippen molar-refractivity contribution in [3.05, 3.63) is 50.5 Å². The SMILES string of the molecule is CC(=O)Oc1cc(NCc2cc(Cl)cc(Cl)c2O)c(Cl)cc1C(=O)OC1CC2CCC1(C)C2(C)C. The van der Waals surface area contributed by atoms with Crippen molar-refractivity contribution in [1.29, 1.82) is 0 Å². The predicted octanol–water partition coefficient (Wildman–Crippen LogP) is 7.26. The number of nitrogens with one attached hydrogen (secondary N) is 1. The number of aromatic hydroxyl groups is 1. The molecular formula is C26H28Cl3NO5. The van der Waals surface area contributed by atoms with Gasteiger partial charge in [0.25, 0.3) is 0 Å². The summed E-state index contributed by atoms with van der Waals surface area (Å²) in [6, 6.07) is 5.90. The van der Waals surface area contributed by atoms with E-state index >= 15 is 0 Å². The van der Waals surface area contributed by atoms with Crippen LogP contribution in [0.4, 0.5) is 5.69 Å². The number of anilines is 1. The number of carbonyl (C=O) groups excluding carboxylic acids is 2. The van der Waals surface area contributed by atoms with Gasteiger partial charge in [-0.05, 0) is 48.8 Å². The summed E-state index contributed by atoms with van der Waals surface area (Å²) < 4.78 is 11.3. The molecule has 0 aliphatic heterocycles. The minimum atomic E-state index is -0.584. The zero-order valence-corrected chi connectivity index (χ0v) is 22.3. The molecule has 0 spiro atoms. The molecule has 188 valence electrons. The molecule has 2 saturated carbocycles. The molecule has 2 N–H and O–H groups in total. The lowest BCUT2D eigenvalue weighted by Crippen LogP contribution is -2.38. The van der Waals surface area contributed by atoms with Crippen molar-refractivity contribution < 1.29 is 24.2 Å². The first-order valence-electron chi connectivity index (χ1n) is 11.5. The standard InChI is InChI=1S/C26H28Cl3NO5/c1-13(31)34-21-11-20(30-12-14-7-16(27)9-19(29)23(14)32)18(28)10-17(21)24(33)35-22-8-15-5-6-26(22,4)25(15,2)3/h7,9-11,15,22,30,32H,5-6,8,12H2,1-4H3. The first kappa shape index (κ1) is 25.9. The molecule has 4 rings (SSSR count). The van der Waals surface area contributed by atoms with Gasteiger partial charge in [-0.25, -0.2) is 4.79 Å². The van der Waals surface area contributed by atoms with Gasteiger partial charge >= 0.3 is 11.9 Å². The fourth-order valence-electron chi connectivity index (χ4n) is 5.53. The summed E-state index contributed by atoms with van der Waals surface area (Å²) in [5, 5.41) is 14.0. The second-order valence-electron chi connectivity index (χ2n) is 10.2. The maximum atomic E-state index is 13.2. The lowest BCUT2D eigenvalue weighted by molar-refractivity contribution is -0.131.